The van der Waals surface area contributed by atoms with Gasteiger partial charge >= 0.3 is 0 Å². The van der Waals surface area contributed by atoms with Crippen LogP contribution < -0.4 is 16.0 Å². The van der Waals surface area contributed by atoms with E-state index < -0.39 is 5.91 Å². The van der Waals surface area contributed by atoms with Gasteiger partial charge < -0.3 is 16.0 Å². The highest BCUT2D eigenvalue weighted by molar-refractivity contribution is 8.00. The van der Waals surface area contributed by atoms with Crippen molar-refractivity contribution in [3.63, 3.8) is 0 Å². The number of thioether (sulfide) groups is 1. The number of hydrogen-bond donors (Lipinski definition) is 3. The molecule has 4 aromatic rings. The van der Waals surface area contributed by atoms with E-state index in [4.69, 9.17) is 0 Å². The lowest BCUT2D eigenvalue weighted by Gasteiger charge is -2.12. The summed E-state index contributed by atoms with van der Waals surface area (Å²) >= 11 is 1.41. The van der Waals surface area contributed by atoms with Gasteiger partial charge in [0.15, 0.2) is 0 Å². The van der Waals surface area contributed by atoms with Gasteiger partial charge in [-0.15, -0.1) is 11.8 Å². The zero-order valence-electron chi connectivity index (χ0n) is 22.7. The number of aryl methyl sites for hydroxylation is 3. The number of carbonyl (C=O) groups is 3. The van der Waals surface area contributed by atoms with E-state index in [2.05, 4.69) is 16.0 Å². The summed E-state index contributed by atoms with van der Waals surface area (Å²) in [7, 11) is 0. The zero-order chi connectivity index (χ0) is 28.5. The summed E-state index contributed by atoms with van der Waals surface area (Å²) in [4.78, 5) is 39.5. The summed E-state index contributed by atoms with van der Waals surface area (Å²) in [5.74, 6) is -0.646. The van der Waals surface area contributed by atoms with Crippen molar-refractivity contribution >= 4 is 46.9 Å². The van der Waals surface area contributed by atoms with Gasteiger partial charge in [-0.05, 0) is 91.6 Å². The minimum absolute atomic E-state index is 0.0868. The third-order valence-corrected chi connectivity index (χ3v) is 7.18. The molecule has 0 aliphatic rings. The Hall–Kier alpha value is -4.62. The summed E-state index contributed by atoms with van der Waals surface area (Å²) in [6.07, 6.45) is 1.67. The van der Waals surface area contributed by atoms with E-state index in [9.17, 15) is 14.4 Å². The van der Waals surface area contributed by atoms with Crippen molar-refractivity contribution in [2.45, 2.75) is 25.7 Å². The van der Waals surface area contributed by atoms with Crippen LogP contribution in [0.15, 0.2) is 108 Å². The lowest BCUT2D eigenvalue weighted by molar-refractivity contribution is -0.114. The highest BCUT2D eigenvalue weighted by Gasteiger charge is 2.16. The van der Waals surface area contributed by atoms with Crippen LogP contribution in [0.3, 0.4) is 0 Å². The first-order valence-electron chi connectivity index (χ1n) is 12.8. The van der Waals surface area contributed by atoms with Crippen LogP contribution in [0.1, 0.15) is 32.6 Å². The molecule has 7 heteroatoms. The molecule has 3 amide bonds. The summed E-state index contributed by atoms with van der Waals surface area (Å²) < 4.78 is 0. The molecule has 0 aliphatic carbocycles. The fourth-order valence-corrected chi connectivity index (χ4v) is 4.58. The van der Waals surface area contributed by atoms with Crippen LogP contribution in [0.5, 0.6) is 0 Å². The average molecular weight is 550 g/mol. The minimum atomic E-state index is -0.444. The van der Waals surface area contributed by atoms with Crippen molar-refractivity contribution in [1.29, 1.82) is 0 Å². The molecule has 6 nitrogen and oxygen atoms in total. The molecule has 0 bridgehead atoms. The molecule has 0 fully saturated rings. The molecule has 0 saturated heterocycles. The first kappa shape index (κ1) is 28.4. The molecule has 4 aromatic carbocycles. The van der Waals surface area contributed by atoms with Crippen LogP contribution in [-0.4, -0.2) is 23.5 Å². The Labute approximate surface area is 238 Å². The van der Waals surface area contributed by atoms with E-state index in [1.54, 1.807) is 42.5 Å². The second-order valence-electron chi connectivity index (χ2n) is 9.37. The maximum absolute atomic E-state index is 13.3. The molecule has 0 radical (unpaired) electrons. The van der Waals surface area contributed by atoms with Crippen molar-refractivity contribution in [3.8, 4) is 0 Å². The molecule has 0 aliphatic heterocycles. The van der Waals surface area contributed by atoms with Gasteiger partial charge in [-0.25, -0.2) is 0 Å². The van der Waals surface area contributed by atoms with Crippen LogP contribution in [0.25, 0.3) is 6.08 Å². The number of benzene rings is 4. The summed E-state index contributed by atoms with van der Waals surface area (Å²) in [6, 6.07) is 29.6. The summed E-state index contributed by atoms with van der Waals surface area (Å²) in [5, 5.41) is 8.59. The lowest BCUT2D eigenvalue weighted by Crippen LogP contribution is -2.30. The molecule has 3 N–H and O–H groups in total. The van der Waals surface area contributed by atoms with Crippen LogP contribution in [0.4, 0.5) is 11.4 Å². The fourth-order valence-electron chi connectivity index (χ4n) is 3.89. The number of nitrogens with one attached hydrogen (secondary N) is 3. The second-order valence-corrected chi connectivity index (χ2v) is 10.4. The van der Waals surface area contributed by atoms with Gasteiger partial charge in [-0.1, -0.05) is 54.6 Å². The molecule has 0 aromatic heterocycles. The number of rotatable bonds is 9. The number of carbonyl (C=O) groups excluding carboxylic acids is 3. The summed E-state index contributed by atoms with van der Waals surface area (Å²) in [5.41, 5.74) is 5.87. The zero-order valence-corrected chi connectivity index (χ0v) is 23.5. The molecule has 0 saturated carbocycles. The Balaban J connectivity index is 1.41. The predicted octanol–water partition coefficient (Wildman–Crippen LogP) is 6.75. The molecule has 202 valence electrons. The average Bonchev–Trinajstić information content (AvgIpc) is 2.95. The molecular formula is C33H31N3O3S. The lowest BCUT2D eigenvalue weighted by atomic mass is 10.1. The van der Waals surface area contributed by atoms with E-state index >= 15 is 0 Å². The van der Waals surface area contributed by atoms with Crippen molar-refractivity contribution in [2.24, 2.45) is 0 Å². The highest BCUT2D eigenvalue weighted by Crippen LogP contribution is 2.22. The fraction of sp³-hybridized carbons (Fsp3) is 0.121. The SMILES string of the molecule is Cc1ccc(C)c(NC(=O)CSc2ccc(NC(=O)/C(=C/c3ccccc3C)NC(=O)c3ccccc3)cc2)c1. The third kappa shape index (κ3) is 7.94. The third-order valence-electron chi connectivity index (χ3n) is 6.17. The maximum atomic E-state index is 13.3. The van der Waals surface area contributed by atoms with Crippen LogP contribution in [-0.2, 0) is 9.59 Å². The number of anilines is 2. The topological polar surface area (TPSA) is 87.3 Å². The Morgan fingerprint density at radius 1 is 0.750 bits per heavy atom. The monoisotopic (exact) mass is 549 g/mol. The Kier molecular flexibility index (Phi) is 9.54. The quantitative estimate of drug-likeness (QED) is 0.159. The molecule has 0 spiro atoms. The highest BCUT2D eigenvalue weighted by atomic mass is 32.2. The van der Waals surface area contributed by atoms with Gasteiger partial charge in [0.1, 0.15) is 5.70 Å². The smallest absolute Gasteiger partial charge is 0.272 e. The molecule has 0 unspecified atom stereocenters. The second kappa shape index (κ2) is 13.4. The largest absolute Gasteiger partial charge is 0.325 e. The van der Waals surface area contributed by atoms with E-state index in [1.807, 2.05) is 81.4 Å². The van der Waals surface area contributed by atoms with Gasteiger partial charge in [0, 0.05) is 21.8 Å². The first-order chi connectivity index (χ1) is 19.3. The van der Waals surface area contributed by atoms with Crippen molar-refractivity contribution in [3.05, 3.63) is 131 Å². The van der Waals surface area contributed by atoms with E-state index in [-0.39, 0.29) is 23.3 Å². The van der Waals surface area contributed by atoms with Crippen molar-refractivity contribution in [1.82, 2.24) is 5.32 Å². The Morgan fingerprint density at radius 2 is 1.45 bits per heavy atom. The standard InChI is InChI=1S/C33H31N3O3S/c1-22-13-14-24(3)29(19-22)35-31(37)21-40-28-17-15-27(16-18-28)34-33(39)30(20-26-12-8-7-9-23(26)2)36-32(38)25-10-5-4-6-11-25/h4-20H,21H2,1-3H3,(H,34,39)(H,35,37)(H,36,38)/b30-20-. The Morgan fingerprint density at radius 3 is 2.17 bits per heavy atom. The van der Waals surface area contributed by atoms with Crippen LogP contribution in [0, 0.1) is 20.8 Å². The molecular weight excluding hydrogens is 518 g/mol. The maximum Gasteiger partial charge on any atom is 0.272 e. The van der Waals surface area contributed by atoms with E-state index in [0.717, 1.165) is 32.8 Å². The van der Waals surface area contributed by atoms with Crippen molar-refractivity contribution in [2.75, 3.05) is 16.4 Å². The molecule has 4 rings (SSSR count). The van der Waals surface area contributed by atoms with Gasteiger partial charge in [0.25, 0.3) is 11.8 Å². The van der Waals surface area contributed by atoms with E-state index in [0.29, 0.717) is 11.3 Å². The minimum Gasteiger partial charge on any atom is -0.325 e. The van der Waals surface area contributed by atoms with Crippen LogP contribution >= 0.6 is 11.8 Å². The molecule has 0 heterocycles. The predicted molar refractivity (Wildman–Crippen MR) is 163 cm³/mol. The normalized spacial score (nSPS) is 11.0. The first-order valence-corrected chi connectivity index (χ1v) is 13.8. The van der Waals surface area contributed by atoms with Crippen LogP contribution in [0.2, 0.25) is 0 Å². The summed E-state index contributed by atoms with van der Waals surface area (Å²) in [6.45, 7) is 5.89. The molecule has 40 heavy (non-hydrogen) atoms. The molecule has 0 atom stereocenters. The van der Waals surface area contributed by atoms with Crippen molar-refractivity contribution < 1.29 is 14.4 Å². The Bertz CT molecular complexity index is 1550. The number of amides is 3. The van der Waals surface area contributed by atoms with Gasteiger partial charge in [-0.2, -0.15) is 0 Å². The van der Waals surface area contributed by atoms with Gasteiger partial charge in [-0.3, -0.25) is 14.4 Å². The van der Waals surface area contributed by atoms with Gasteiger partial charge in [0.2, 0.25) is 5.91 Å². The van der Waals surface area contributed by atoms with E-state index in [1.165, 1.54) is 11.8 Å². The number of hydrogen-bond acceptors (Lipinski definition) is 4. The van der Waals surface area contributed by atoms with Gasteiger partial charge in [0.05, 0.1) is 5.75 Å².